The Morgan fingerprint density at radius 1 is 1.69 bits per heavy atom. The van der Waals surface area contributed by atoms with Crippen molar-refractivity contribution in [2.45, 2.75) is 32.6 Å². The second-order valence-corrected chi connectivity index (χ2v) is 4.32. The number of carbonyl (C=O) groups excluding carboxylic acids is 1. The number of hydrogen-bond donors (Lipinski definition) is 0. The molecule has 0 saturated heterocycles. The average molecular weight is 176 g/mol. The van der Waals surface area contributed by atoms with Crippen LogP contribution in [0.1, 0.15) is 32.6 Å². The van der Waals surface area contributed by atoms with E-state index in [1.54, 1.807) is 0 Å². The Morgan fingerprint density at radius 2 is 2.46 bits per heavy atom. The second kappa shape index (κ2) is 2.83. The SMILES string of the molecule is C=C[C@@]12CC(=O)CC[C@@H]1CC=C2C. The highest BCUT2D eigenvalue weighted by atomic mass is 16.1. The lowest BCUT2D eigenvalue weighted by atomic mass is 9.65. The third-order valence-corrected chi connectivity index (χ3v) is 3.80. The number of fused-ring (bicyclic) bond motifs is 1. The first-order valence-corrected chi connectivity index (χ1v) is 5.01. The quantitative estimate of drug-likeness (QED) is 0.561. The second-order valence-electron chi connectivity index (χ2n) is 4.32. The Morgan fingerprint density at radius 3 is 3.15 bits per heavy atom. The summed E-state index contributed by atoms with van der Waals surface area (Å²) < 4.78 is 0. The summed E-state index contributed by atoms with van der Waals surface area (Å²) in [7, 11) is 0. The first kappa shape index (κ1) is 8.74. The van der Waals surface area contributed by atoms with E-state index >= 15 is 0 Å². The van der Waals surface area contributed by atoms with Crippen LogP contribution in [0.5, 0.6) is 0 Å². The van der Waals surface area contributed by atoms with Crippen LogP contribution in [0.2, 0.25) is 0 Å². The van der Waals surface area contributed by atoms with Crippen LogP contribution >= 0.6 is 0 Å². The summed E-state index contributed by atoms with van der Waals surface area (Å²) in [5.74, 6) is 1.06. The van der Waals surface area contributed by atoms with Gasteiger partial charge in [0.2, 0.25) is 0 Å². The minimum atomic E-state index is 0.0370. The molecule has 1 fully saturated rings. The van der Waals surface area contributed by atoms with Gasteiger partial charge in [0.1, 0.15) is 5.78 Å². The Bertz CT molecular complexity index is 287. The molecule has 0 aromatic rings. The predicted octanol–water partition coefficient (Wildman–Crippen LogP) is 2.88. The van der Waals surface area contributed by atoms with Gasteiger partial charge in [-0.1, -0.05) is 17.7 Å². The van der Waals surface area contributed by atoms with Crippen molar-refractivity contribution >= 4 is 5.78 Å². The van der Waals surface area contributed by atoms with Crippen LogP contribution in [0.15, 0.2) is 24.3 Å². The van der Waals surface area contributed by atoms with Crippen molar-refractivity contribution in [2.24, 2.45) is 11.3 Å². The maximum absolute atomic E-state index is 11.4. The first-order chi connectivity index (χ1) is 6.19. The molecule has 0 spiro atoms. The Hall–Kier alpha value is -0.850. The molecule has 0 aliphatic heterocycles. The topological polar surface area (TPSA) is 17.1 Å². The van der Waals surface area contributed by atoms with Crippen LogP contribution in [0.4, 0.5) is 0 Å². The smallest absolute Gasteiger partial charge is 0.134 e. The number of carbonyl (C=O) groups is 1. The minimum Gasteiger partial charge on any atom is -0.300 e. The van der Waals surface area contributed by atoms with Crippen molar-refractivity contribution in [1.82, 2.24) is 0 Å². The van der Waals surface area contributed by atoms with Crippen LogP contribution in [0, 0.1) is 11.3 Å². The number of ketones is 1. The highest BCUT2D eigenvalue weighted by Gasteiger charge is 2.44. The fourth-order valence-electron chi connectivity index (χ4n) is 2.85. The Kier molecular flexibility index (Phi) is 1.90. The molecule has 0 radical (unpaired) electrons. The molecule has 0 aromatic carbocycles. The molecule has 0 N–H and O–H groups in total. The zero-order valence-electron chi connectivity index (χ0n) is 8.18. The molecule has 2 atom stereocenters. The fraction of sp³-hybridized carbons (Fsp3) is 0.583. The summed E-state index contributed by atoms with van der Waals surface area (Å²) >= 11 is 0. The Balaban J connectivity index is 2.36. The summed E-state index contributed by atoms with van der Waals surface area (Å²) in [5, 5.41) is 0. The lowest BCUT2D eigenvalue weighted by Gasteiger charge is -2.38. The summed E-state index contributed by atoms with van der Waals surface area (Å²) in [6.45, 7) is 6.05. The van der Waals surface area contributed by atoms with Gasteiger partial charge in [0, 0.05) is 18.3 Å². The van der Waals surface area contributed by atoms with Gasteiger partial charge in [-0.05, 0) is 25.7 Å². The largest absolute Gasteiger partial charge is 0.300 e. The molecule has 13 heavy (non-hydrogen) atoms. The number of allylic oxidation sites excluding steroid dienone is 3. The number of hydrogen-bond acceptors (Lipinski definition) is 1. The molecular formula is C12H16O. The van der Waals surface area contributed by atoms with Gasteiger partial charge in [-0.25, -0.2) is 0 Å². The van der Waals surface area contributed by atoms with Crippen molar-refractivity contribution in [3.05, 3.63) is 24.3 Å². The van der Waals surface area contributed by atoms with Gasteiger partial charge >= 0.3 is 0 Å². The molecule has 2 rings (SSSR count). The van der Waals surface area contributed by atoms with Crippen LogP contribution in [-0.4, -0.2) is 5.78 Å². The maximum atomic E-state index is 11.4. The van der Waals surface area contributed by atoms with E-state index in [4.69, 9.17) is 0 Å². The van der Waals surface area contributed by atoms with E-state index in [9.17, 15) is 4.79 Å². The predicted molar refractivity (Wildman–Crippen MR) is 53.4 cm³/mol. The van der Waals surface area contributed by atoms with E-state index in [1.165, 1.54) is 5.57 Å². The van der Waals surface area contributed by atoms with Crippen molar-refractivity contribution in [3.63, 3.8) is 0 Å². The van der Waals surface area contributed by atoms with Crippen LogP contribution in [-0.2, 0) is 4.79 Å². The van der Waals surface area contributed by atoms with E-state index in [0.29, 0.717) is 18.1 Å². The maximum Gasteiger partial charge on any atom is 0.134 e. The van der Waals surface area contributed by atoms with E-state index < -0.39 is 0 Å². The normalized spacial score (nSPS) is 38.4. The van der Waals surface area contributed by atoms with E-state index in [2.05, 4.69) is 19.6 Å². The highest BCUT2D eigenvalue weighted by Crippen LogP contribution is 2.52. The monoisotopic (exact) mass is 176 g/mol. The summed E-state index contributed by atoms with van der Waals surface area (Å²) in [6.07, 6.45) is 7.97. The van der Waals surface area contributed by atoms with E-state index in [0.717, 1.165) is 19.3 Å². The van der Waals surface area contributed by atoms with Crippen LogP contribution in [0.3, 0.4) is 0 Å². The van der Waals surface area contributed by atoms with Crippen LogP contribution in [0.25, 0.3) is 0 Å². The third-order valence-electron chi connectivity index (χ3n) is 3.80. The van der Waals surface area contributed by atoms with Gasteiger partial charge in [0.25, 0.3) is 0 Å². The van der Waals surface area contributed by atoms with Gasteiger partial charge in [-0.15, -0.1) is 6.58 Å². The van der Waals surface area contributed by atoms with E-state index in [1.807, 2.05) is 6.08 Å². The van der Waals surface area contributed by atoms with Crippen molar-refractivity contribution in [3.8, 4) is 0 Å². The van der Waals surface area contributed by atoms with Crippen LogP contribution < -0.4 is 0 Å². The summed E-state index contributed by atoms with van der Waals surface area (Å²) in [4.78, 5) is 11.4. The molecule has 0 aromatic heterocycles. The third kappa shape index (κ3) is 1.10. The van der Waals surface area contributed by atoms with Crippen molar-refractivity contribution < 1.29 is 4.79 Å². The molecule has 1 nitrogen and oxygen atoms in total. The summed E-state index contributed by atoms with van der Waals surface area (Å²) in [5.41, 5.74) is 1.40. The summed E-state index contributed by atoms with van der Waals surface area (Å²) in [6, 6.07) is 0. The van der Waals surface area contributed by atoms with Gasteiger partial charge in [-0.3, -0.25) is 4.79 Å². The fourth-order valence-corrected chi connectivity index (χ4v) is 2.85. The van der Waals surface area contributed by atoms with Gasteiger partial charge in [0.05, 0.1) is 0 Å². The minimum absolute atomic E-state index is 0.0370. The highest BCUT2D eigenvalue weighted by molar-refractivity contribution is 5.81. The van der Waals surface area contributed by atoms with Gasteiger partial charge in [0.15, 0.2) is 0 Å². The molecule has 0 heterocycles. The zero-order chi connectivity index (χ0) is 9.47. The molecular weight excluding hydrogens is 160 g/mol. The molecule has 70 valence electrons. The molecule has 0 amide bonds. The zero-order valence-corrected chi connectivity index (χ0v) is 8.18. The lowest BCUT2D eigenvalue weighted by Crippen LogP contribution is -2.33. The molecule has 1 saturated carbocycles. The first-order valence-electron chi connectivity index (χ1n) is 5.01. The molecule has 2 aliphatic carbocycles. The lowest BCUT2D eigenvalue weighted by molar-refractivity contribution is -0.123. The van der Waals surface area contributed by atoms with Crippen molar-refractivity contribution in [2.75, 3.05) is 0 Å². The molecule has 0 bridgehead atoms. The van der Waals surface area contributed by atoms with E-state index in [-0.39, 0.29) is 5.41 Å². The number of Topliss-reactive ketones (excluding diaryl/α,β-unsaturated/α-hetero) is 1. The molecule has 0 unspecified atom stereocenters. The van der Waals surface area contributed by atoms with Gasteiger partial charge in [-0.2, -0.15) is 0 Å². The standard InChI is InChI=1S/C12H16O/c1-3-12-8-11(13)7-6-10(12)5-4-9(12)2/h3-4,10H,1,5-8H2,2H3/t10-,12-/m0/s1. The average Bonchev–Trinajstić information content (AvgIpc) is 2.44. The Labute approximate surface area is 79.5 Å². The molecule has 1 heteroatoms. The van der Waals surface area contributed by atoms with Gasteiger partial charge < -0.3 is 0 Å². The van der Waals surface area contributed by atoms with Crippen molar-refractivity contribution in [1.29, 1.82) is 0 Å². The molecule has 2 aliphatic rings. The number of rotatable bonds is 1.